The van der Waals surface area contributed by atoms with Gasteiger partial charge in [-0.2, -0.15) is 0 Å². The van der Waals surface area contributed by atoms with Crippen LogP contribution in [-0.2, 0) is 11.3 Å². The Balaban J connectivity index is 1.66. The zero-order chi connectivity index (χ0) is 16.4. The van der Waals surface area contributed by atoms with Crippen molar-refractivity contribution < 1.29 is 9.84 Å². The standard InChI is InChI=1S/C19H20N2O2S/c22-13-14-4-3-5-15(12-14)21-10-9-20-19(21)18-8-7-17(24-18)16-6-1-2-11-23-16/h3-5,7-10,12,16,22H,1-2,6,11,13H2/t16-/m0/s1. The van der Waals surface area contributed by atoms with E-state index < -0.39 is 0 Å². The molecule has 0 unspecified atom stereocenters. The van der Waals surface area contributed by atoms with Gasteiger partial charge >= 0.3 is 0 Å². The lowest BCUT2D eigenvalue weighted by Gasteiger charge is -2.21. The Labute approximate surface area is 145 Å². The molecule has 24 heavy (non-hydrogen) atoms. The zero-order valence-corrected chi connectivity index (χ0v) is 14.2. The minimum absolute atomic E-state index is 0.0417. The number of aliphatic hydroxyl groups is 1. The molecule has 3 aromatic rings. The molecule has 3 heterocycles. The van der Waals surface area contributed by atoms with Crippen molar-refractivity contribution in [2.45, 2.75) is 32.0 Å². The molecule has 1 aliphatic rings. The van der Waals surface area contributed by atoms with Gasteiger partial charge in [-0.15, -0.1) is 11.3 Å². The molecule has 1 atom stereocenters. The first kappa shape index (κ1) is 15.6. The van der Waals surface area contributed by atoms with Gasteiger partial charge in [-0.05, 0) is 49.1 Å². The van der Waals surface area contributed by atoms with Crippen LogP contribution in [0.4, 0.5) is 0 Å². The minimum Gasteiger partial charge on any atom is -0.392 e. The lowest BCUT2D eigenvalue weighted by atomic mass is 10.1. The van der Waals surface area contributed by atoms with Crippen LogP contribution in [0.15, 0.2) is 48.8 Å². The van der Waals surface area contributed by atoms with Gasteiger partial charge in [-0.25, -0.2) is 4.98 Å². The van der Waals surface area contributed by atoms with Crippen molar-refractivity contribution in [3.63, 3.8) is 0 Å². The Bertz CT molecular complexity index is 818. The molecule has 1 N–H and O–H groups in total. The van der Waals surface area contributed by atoms with Gasteiger partial charge < -0.3 is 9.84 Å². The molecule has 5 heteroatoms. The third kappa shape index (κ3) is 3.02. The van der Waals surface area contributed by atoms with Crippen LogP contribution in [0.5, 0.6) is 0 Å². The second kappa shape index (κ2) is 6.89. The summed E-state index contributed by atoms with van der Waals surface area (Å²) in [5, 5.41) is 9.36. The van der Waals surface area contributed by atoms with Crippen LogP contribution in [-0.4, -0.2) is 21.3 Å². The number of aromatic nitrogens is 2. The number of imidazole rings is 1. The van der Waals surface area contributed by atoms with Crippen LogP contribution >= 0.6 is 11.3 Å². The molecule has 1 fully saturated rings. The van der Waals surface area contributed by atoms with E-state index in [1.165, 1.54) is 17.7 Å². The monoisotopic (exact) mass is 340 g/mol. The number of hydrogen-bond acceptors (Lipinski definition) is 4. The van der Waals surface area contributed by atoms with E-state index in [-0.39, 0.29) is 12.7 Å². The highest BCUT2D eigenvalue weighted by Crippen LogP contribution is 2.36. The number of ether oxygens (including phenoxy) is 1. The summed E-state index contributed by atoms with van der Waals surface area (Å²) in [7, 11) is 0. The van der Waals surface area contributed by atoms with Gasteiger partial charge in [0.1, 0.15) is 0 Å². The van der Waals surface area contributed by atoms with Crippen molar-refractivity contribution in [3.8, 4) is 16.4 Å². The molecule has 4 nitrogen and oxygen atoms in total. The number of nitrogens with zero attached hydrogens (tertiary/aromatic N) is 2. The summed E-state index contributed by atoms with van der Waals surface area (Å²) in [5.41, 5.74) is 1.91. The largest absolute Gasteiger partial charge is 0.392 e. The Hall–Kier alpha value is -1.95. The average Bonchev–Trinajstić information content (AvgIpc) is 3.31. The van der Waals surface area contributed by atoms with Gasteiger partial charge in [0.25, 0.3) is 0 Å². The first-order valence-electron chi connectivity index (χ1n) is 8.30. The maximum Gasteiger partial charge on any atom is 0.154 e. The number of aliphatic hydroxyl groups excluding tert-OH is 1. The van der Waals surface area contributed by atoms with E-state index in [0.717, 1.165) is 35.0 Å². The molecular weight excluding hydrogens is 320 g/mol. The lowest BCUT2D eigenvalue weighted by molar-refractivity contribution is 0.0172. The highest BCUT2D eigenvalue weighted by Gasteiger charge is 2.19. The second-order valence-electron chi connectivity index (χ2n) is 6.01. The van der Waals surface area contributed by atoms with Gasteiger partial charge in [0.15, 0.2) is 5.82 Å². The number of hydrogen-bond donors (Lipinski definition) is 1. The lowest BCUT2D eigenvalue weighted by Crippen LogP contribution is -2.09. The van der Waals surface area contributed by atoms with E-state index in [0.29, 0.717) is 0 Å². The summed E-state index contributed by atoms with van der Waals surface area (Å²) in [5.74, 6) is 0.928. The molecule has 1 aliphatic heterocycles. The van der Waals surface area contributed by atoms with Crippen molar-refractivity contribution in [2.75, 3.05) is 6.61 Å². The molecule has 124 valence electrons. The van der Waals surface area contributed by atoms with Crippen LogP contribution in [0.3, 0.4) is 0 Å². The van der Waals surface area contributed by atoms with Crippen molar-refractivity contribution >= 4 is 11.3 Å². The predicted octanol–water partition coefficient (Wildman–Crippen LogP) is 4.33. The Kier molecular flexibility index (Phi) is 4.47. The van der Waals surface area contributed by atoms with Crippen molar-refractivity contribution in [2.24, 2.45) is 0 Å². The van der Waals surface area contributed by atoms with Crippen molar-refractivity contribution in [1.29, 1.82) is 0 Å². The van der Waals surface area contributed by atoms with E-state index in [1.807, 2.05) is 36.7 Å². The number of benzene rings is 1. The molecule has 1 aromatic carbocycles. The maximum absolute atomic E-state index is 9.36. The minimum atomic E-state index is 0.0417. The van der Waals surface area contributed by atoms with Crippen LogP contribution < -0.4 is 0 Å². The second-order valence-corrected chi connectivity index (χ2v) is 7.12. The molecule has 0 bridgehead atoms. The van der Waals surface area contributed by atoms with Crippen LogP contribution in [0, 0.1) is 0 Å². The molecule has 1 saturated heterocycles. The number of rotatable bonds is 4. The summed E-state index contributed by atoms with van der Waals surface area (Å²) in [6.07, 6.45) is 7.52. The number of thiophene rings is 1. The molecule has 0 amide bonds. The Morgan fingerprint density at radius 2 is 2.21 bits per heavy atom. The predicted molar refractivity (Wildman–Crippen MR) is 95.3 cm³/mol. The van der Waals surface area contributed by atoms with E-state index in [2.05, 4.69) is 21.7 Å². The smallest absolute Gasteiger partial charge is 0.154 e. The van der Waals surface area contributed by atoms with Crippen LogP contribution in [0.1, 0.15) is 35.8 Å². The third-order valence-electron chi connectivity index (χ3n) is 4.36. The topological polar surface area (TPSA) is 47.3 Å². The molecule has 0 saturated carbocycles. The average molecular weight is 340 g/mol. The fourth-order valence-corrected chi connectivity index (χ4v) is 4.20. The first-order valence-corrected chi connectivity index (χ1v) is 9.12. The highest BCUT2D eigenvalue weighted by atomic mass is 32.1. The van der Waals surface area contributed by atoms with Crippen molar-refractivity contribution in [1.82, 2.24) is 9.55 Å². The zero-order valence-electron chi connectivity index (χ0n) is 13.4. The van der Waals surface area contributed by atoms with Gasteiger partial charge in [0, 0.05) is 29.6 Å². The quantitative estimate of drug-likeness (QED) is 0.769. The van der Waals surface area contributed by atoms with E-state index in [9.17, 15) is 5.11 Å². The molecule has 0 aliphatic carbocycles. The van der Waals surface area contributed by atoms with Gasteiger partial charge in [-0.3, -0.25) is 4.57 Å². The summed E-state index contributed by atoms with van der Waals surface area (Å²) in [4.78, 5) is 6.97. The van der Waals surface area contributed by atoms with E-state index >= 15 is 0 Å². The summed E-state index contributed by atoms with van der Waals surface area (Å²) in [6.45, 7) is 0.903. The van der Waals surface area contributed by atoms with E-state index in [1.54, 1.807) is 11.3 Å². The summed E-state index contributed by atoms with van der Waals surface area (Å²) >= 11 is 1.76. The highest BCUT2D eigenvalue weighted by molar-refractivity contribution is 7.15. The Morgan fingerprint density at radius 1 is 1.25 bits per heavy atom. The molecule has 0 radical (unpaired) electrons. The summed E-state index contributed by atoms with van der Waals surface area (Å²) < 4.78 is 7.96. The molecule has 4 rings (SSSR count). The van der Waals surface area contributed by atoms with Gasteiger partial charge in [0.05, 0.1) is 17.6 Å². The van der Waals surface area contributed by atoms with Crippen LogP contribution in [0.2, 0.25) is 0 Å². The molecule has 0 spiro atoms. The normalized spacial score (nSPS) is 18.0. The third-order valence-corrected chi connectivity index (χ3v) is 5.53. The molecule has 2 aromatic heterocycles. The van der Waals surface area contributed by atoms with Gasteiger partial charge in [-0.1, -0.05) is 12.1 Å². The maximum atomic E-state index is 9.36. The van der Waals surface area contributed by atoms with Crippen LogP contribution in [0.25, 0.3) is 16.4 Å². The van der Waals surface area contributed by atoms with Gasteiger partial charge in [0.2, 0.25) is 0 Å². The summed E-state index contributed by atoms with van der Waals surface area (Å²) in [6, 6.07) is 12.2. The first-order chi connectivity index (χ1) is 11.8. The molecular formula is C19H20N2O2S. The van der Waals surface area contributed by atoms with E-state index in [4.69, 9.17) is 4.74 Å². The Morgan fingerprint density at radius 3 is 3.04 bits per heavy atom. The fourth-order valence-electron chi connectivity index (χ4n) is 3.11. The van der Waals surface area contributed by atoms with Crippen molar-refractivity contribution in [3.05, 3.63) is 59.2 Å². The fraction of sp³-hybridized carbons (Fsp3) is 0.316. The SMILES string of the molecule is OCc1cccc(-n2ccnc2-c2ccc([C@@H]3CCCCO3)s2)c1.